The van der Waals surface area contributed by atoms with Gasteiger partial charge in [-0.3, -0.25) is 4.90 Å². The summed E-state index contributed by atoms with van der Waals surface area (Å²) in [4.78, 5) is 14.6. The molecule has 0 unspecified atom stereocenters. The number of benzene rings is 2. The Bertz CT molecular complexity index is 680. The molecule has 3 rings (SSSR count). The Hall–Kier alpha value is -2.37. The standard InChI is InChI=1S/C21H27N3O2/c1-26-16-18-7-9-19(10-8-18)22-21(25)23-20-11-13-24(14-12-20)15-17-5-3-2-4-6-17/h2-10,20H,11-16H2,1H3,(H2,22,23,25). The lowest BCUT2D eigenvalue weighted by atomic mass is 10.0. The molecule has 1 fully saturated rings. The Balaban J connectivity index is 1.40. The molecule has 2 N–H and O–H groups in total. The molecule has 138 valence electrons. The number of piperidine rings is 1. The van der Waals surface area contributed by atoms with E-state index < -0.39 is 0 Å². The molecule has 2 amide bonds. The second kappa shape index (κ2) is 9.36. The maximum absolute atomic E-state index is 12.2. The summed E-state index contributed by atoms with van der Waals surface area (Å²) in [6, 6.07) is 18.3. The fraction of sp³-hybridized carbons (Fsp3) is 0.381. The van der Waals surface area contributed by atoms with E-state index in [0.29, 0.717) is 6.61 Å². The summed E-state index contributed by atoms with van der Waals surface area (Å²) in [7, 11) is 1.67. The van der Waals surface area contributed by atoms with Gasteiger partial charge in [0.25, 0.3) is 0 Å². The lowest BCUT2D eigenvalue weighted by Crippen LogP contribution is -2.45. The van der Waals surface area contributed by atoms with Crippen molar-refractivity contribution >= 4 is 11.7 Å². The molecule has 0 spiro atoms. The fourth-order valence-corrected chi connectivity index (χ4v) is 3.28. The number of carbonyl (C=O) groups is 1. The van der Waals surface area contributed by atoms with E-state index in [-0.39, 0.29) is 12.1 Å². The summed E-state index contributed by atoms with van der Waals surface area (Å²) in [5, 5.41) is 6.00. The van der Waals surface area contributed by atoms with E-state index >= 15 is 0 Å². The van der Waals surface area contributed by atoms with Crippen LogP contribution in [0, 0.1) is 0 Å². The Kier molecular flexibility index (Phi) is 6.63. The molecule has 0 saturated carbocycles. The molecule has 1 aliphatic rings. The van der Waals surface area contributed by atoms with Crippen LogP contribution in [-0.4, -0.2) is 37.2 Å². The molecule has 1 saturated heterocycles. The van der Waals surface area contributed by atoms with Crippen molar-refractivity contribution in [3.8, 4) is 0 Å². The van der Waals surface area contributed by atoms with E-state index in [1.807, 2.05) is 30.3 Å². The SMILES string of the molecule is COCc1ccc(NC(=O)NC2CCN(Cc3ccccc3)CC2)cc1. The van der Waals surface area contributed by atoms with Gasteiger partial charge in [-0.1, -0.05) is 42.5 Å². The molecule has 5 heteroatoms. The van der Waals surface area contributed by atoms with Crippen molar-refractivity contribution < 1.29 is 9.53 Å². The molecule has 0 bridgehead atoms. The molecule has 2 aromatic carbocycles. The summed E-state index contributed by atoms with van der Waals surface area (Å²) in [6.45, 7) is 3.57. The van der Waals surface area contributed by atoms with Crippen LogP contribution in [0.3, 0.4) is 0 Å². The molecule has 26 heavy (non-hydrogen) atoms. The van der Waals surface area contributed by atoms with Gasteiger partial charge in [-0.2, -0.15) is 0 Å². The van der Waals surface area contributed by atoms with E-state index in [1.165, 1.54) is 5.56 Å². The van der Waals surface area contributed by atoms with Crippen LogP contribution in [0.25, 0.3) is 0 Å². The van der Waals surface area contributed by atoms with Crippen molar-refractivity contribution in [2.75, 3.05) is 25.5 Å². The number of carbonyl (C=O) groups excluding carboxylic acids is 1. The third-order valence-electron chi connectivity index (χ3n) is 4.69. The highest BCUT2D eigenvalue weighted by atomic mass is 16.5. The number of nitrogens with one attached hydrogen (secondary N) is 2. The van der Waals surface area contributed by atoms with E-state index in [2.05, 4.69) is 39.8 Å². The van der Waals surface area contributed by atoms with Gasteiger partial charge in [0.1, 0.15) is 0 Å². The highest BCUT2D eigenvalue weighted by molar-refractivity contribution is 5.89. The van der Waals surface area contributed by atoms with Gasteiger partial charge in [0, 0.05) is 38.5 Å². The number of nitrogens with zero attached hydrogens (tertiary/aromatic N) is 1. The van der Waals surface area contributed by atoms with Gasteiger partial charge in [0.15, 0.2) is 0 Å². The number of rotatable bonds is 6. The van der Waals surface area contributed by atoms with Gasteiger partial charge in [0.05, 0.1) is 6.61 Å². The Morgan fingerprint density at radius 2 is 1.73 bits per heavy atom. The Labute approximate surface area is 155 Å². The quantitative estimate of drug-likeness (QED) is 0.834. The minimum Gasteiger partial charge on any atom is -0.380 e. The monoisotopic (exact) mass is 353 g/mol. The summed E-state index contributed by atoms with van der Waals surface area (Å²) in [6.07, 6.45) is 1.96. The number of hydrogen-bond acceptors (Lipinski definition) is 3. The first-order valence-corrected chi connectivity index (χ1v) is 9.14. The second-order valence-corrected chi connectivity index (χ2v) is 6.76. The van der Waals surface area contributed by atoms with Crippen molar-refractivity contribution in [2.45, 2.75) is 32.0 Å². The largest absolute Gasteiger partial charge is 0.380 e. The maximum atomic E-state index is 12.2. The van der Waals surface area contributed by atoms with Gasteiger partial charge in [-0.25, -0.2) is 4.79 Å². The number of hydrogen-bond donors (Lipinski definition) is 2. The average molecular weight is 353 g/mol. The predicted molar refractivity (Wildman–Crippen MR) is 104 cm³/mol. The first-order chi connectivity index (χ1) is 12.7. The zero-order valence-electron chi connectivity index (χ0n) is 15.3. The van der Waals surface area contributed by atoms with Gasteiger partial charge in [0.2, 0.25) is 0 Å². The highest BCUT2D eigenvalue weighted by Gasteiger charge is 2.20. The van der Waals surface area contributed by atoms with Gasteiger partial charge in [-0.15, -0.1) is 0 Å². The second-order valence-electron chi connectivity index (χ2n) is 6.76. The number of likely N-dealkylation sites (tertiary alicyclic amines) is 1. The minimum absolute atomic E-state index is 0.133. The van der Waals surface area contributed by atoms with Crippen LogP contribution in [0.5, 0.6) is 0 Å². The normalized spacial score (nSPS) is 15.6. The number of urea groups is 1. The van der Waals surface area contributed by atoms with Crippen molar-refractivity contribution in [1.29, 1.82) is 0 Å². The van der Waals surface area contributed by atoms with Crippen molar-refractivity contribution in [2.24, 2.45) is 0 Å². The topological polar surface area (TPSA) is 53.6 Å². The first kappa shape index (κ1) is 18.4. The first-order valence-electron chi connectivity index (χ1n) is 9.14. The third-order valence-corrected chi connectivity index (χ3v) is 4.69. The lowest BCUT2D eigenvalue weighted by molar-refractivity contribution is 0.185. The Morgan fingerprint density at radius 1 is 1.04 bits per heavy atom. The van der Waals surface area contributed by atoms with Gasteiger partial charge >= 0.3 is 6.03 Å². The summed E-state index contributed by atoms with van der Waals surface area (Å²) < 4.78 is 5.09. The summed E-state index contributed by atoms with van der Waals surface area (Å²) >= 11 is 0. The van der Waals surface area contributed by atoms with Gasteiger partial charge < -0.3 is 15.4 Å². The summed E-state index contributed by atoms with van der Waals surface area (Å²) in [5.74, 6) is 0. The maximum Gasteiger partial charge on any atom is 0.319 e. The predicted octanol–water partition coefficient (Wildman–Crippen LogP) is 3.62. The number of methoxy groups -OCH3 is 1. The van der Waals surface area contributed by atoms with Crippen LogP contribution >= 0.6 is 0 Å². The van der Waals surface area contributed by atoms with Crippen LogP contribution in [0.15, 0.2) is 54.6 Å². The molecule has 0 atom stereocenters. The van der Waals surface area contributed by atoms with Crippen molar-refractivity contribution in [3.05, 3.63) is 65.7 Å². The zero-order chi connectivity index (χ0) is 18.2. The van der Waals surface area contributed by atoms with Crippen molar-refractivity contribution in [1.82, 2.24) is 10.2 Å². The smallest absolute Gasteiger partial charge is 0.319 e. The summed E-state index contributed by atoms with van der Waals surface area (Å²) in [5.41, 5.74) is 3.22. The fourth-order valence-electron chi connectivity index (χ4n) is 3.28. The zero-order valence-corrected chi connectivity index (χ0v) is 15.3. The molecule has 1 heterocycles. The molecule has 0 radical (unpaired) electrons. The van der Waals surface area contributed by atoms with Crippen molar-refractivity contribution in [3.63, 3.8) is 0 Å². The molecule has 1 aliphatic heterocycles. The van der Waals surface area contributed by atoms with Crippen LogP contribution in [-0.2, 0) is 17.9 Å². The van der Waals surface area contributed by atoms with Crippen LogP contribution < -0.4 is 10.6 Å². The third kappa shape index (κ3) is 5.58. The lowest BCUT2D eigenvalue weighted by Gasteiger charge is -2.32. The number of anilines is 1. The highest BCUT2D eigenvalue weighted by Crippen LogP contribution is 2.15. The number of amides is 2. The molecule has 0 aromatic heterocycles. The van der Waals surface area contributed by atoms with E-state index in [9.17, 15) is 4.79 Å². The van der Waals surface area contributed by atoms with Crippen LogP contribution in [0.2, 0.25) is 0 Å². The minimum atomic E-state index is -0.133. The van der Waals surface area contributed by atoms with Crippen LogP contribution in [0.1, 0.15) is 24.0 Å². The van der Waals surface area contributed by atoms with Crippen LogP contribution in [0.4, 0.5) is 10.5 Å². The average Bonchev–Trinajstić information content (AvgIpc) is 2.66. The molecule has 5 nitrogen and oxygen atoms in total. The molecular weight excluding hydrogens is 326 g/mol. The molecular formula is C21H27N3O2. The van der Waals surface area contributed by atoms with E-state index in [1.54, 1.807) is 7.11 Å². The molecule has 2 aromatic rings. The molecule has 0 aliphatic carbocycles. The van der Waals surface area contributed by atoms with Gasteiger partial charge in [-0.05, 0) is 36.1 Å². The Morgan fingerprint density at radius 3 is 2.38 bits per heavy atom. The van der Waals surface area contributed by atoms with E-state index in [0.717, 1.165) is 43.7 Å². The number of ether oxygens (including phenoxy) is 1. The van der Waals surface area contributed by atoms with E-state index in [4.69, 9.17) is 4.74 Å².